The molecular weight excluding hydrogens is 240 g/mol. The van der Waals surface area contributed by atoms with Crippen LogP contribution >= 0.6 is 0 Å². The van der Waals surface area contributed by atoms with Crippen molar-refractivity contribution in [1.82, 2.24) is 4.98 Å². The first-order chi connectivity index (χ1) is 9.24. The van der Waals surface area contributed by atoms with E-state index in [1.807, 2.05) is 31.2 Å². The first-order valence-electron chi connectivity index (χ1n) is 6.06. The van der Waals surface area contributed by atoms with Gasteiger partial charge in [0.1, 0.15) is 5.82 Å². The molecule has 4 N–H and O–H groups in total. The van der Waals surface area contributed by atoms with Gasteiger partial charge < -0.3 is 10.7 Å². The van der Waals surface area contributed by atoms with Gasteiger partial charge >= 0.3 is 0 Å². The molecule has 0 fully saturated rings. The SMILES string of the molecule is CCc1ccccc1NC(=O)c1ccnc(NN)c1. The topological polar surface area (TPSA) is 80.0 Å². The van der Waals surface area contributed by atoms with Gasteiger partial charge in [-0.25, -0.2) is 10.8 Å². The van der Waals surface area contributed by atoms with Crippen LogP contribution in [0.15, 0.2) is 42.6 Å². The van der Waals surface area contributed by atoms with Crippen LogP contribution in [-0.2, 0) is 6.42 Å². The highest BCUT2D eigenvalue weighted by molar-refractivity contribution is 6.05. The molecule has 0 radical (unpaired) electrons. The highest BCUT2D eigenvalue weighted by Crippen LogP contribution is 2.17. The number of rotatable bonds is 4. The second kappa shape index (κ2) is 5.97. The number of aryl methyl sites for hydroxylation is 1. The van der Waals surface area contributed by atoms with E-state index in [4.69, 9.17) is 5.84 Å². The van der Waals surface area contributed by atoms with E-state index in [1.54, 1.807) is 12.1 Å². The maximum absolute atomic E-state index is 12.1. The number of hydrogen-bond donors (Lipinski definition) is 3. The number of carbonyl (C=O) groups excluding carboxylic acids is 1. The highest BCUT2D eigenvalue weighted by atomic mass is 16.1. The maximum Gasteiger partial charge on any atom is 0.255 e. The van der Waals surface area contributed by atoms with Gasteiger partial charge in [0.15, 0.2) is 0 Å². The third-order valence-corrected chi connectivity index (χ3v) is 2.82. The van der Waals surface area contributed by atoms with Gasteiger partial charge in [0.25, 0.3) is 5.91 Å². The number of nitrogens with two attached hydrogens (primary N) is 1. The number of anilines is 2. The Morgan fingerprint density at radius 2 is 2.11 bits per heavy atom. The maximum atomic E-state index is 12.1. The number of nitrogens with one attached hydrogen (secondary N) is 2. The molecule has 19 heavy (non-hydrogen) atoms. The molecular formula is C14H16N4O. The van der Waals surface area contributed by atoms with Crippen molar-refractivity contribution in [2.24, 2.45) is 5.84 Å². The van der Waals surface area contributed by atoms with Crippen LogP contribution in [0.5, 0.6) is 0 Å². The predicted molar refractivity (Wildman–Crippen MR) is 75.8 cm³/mol. The Labute approximate surface area is 111 Å². The fourth-order valence-corrected chi connectivity index (χ4v) is 1.80. The quantitative estimate of drug-likeness (QED) is 0.578. The summed E-state index contributed by atoms with van der Waals surface area (Å²) in [4.78, 5) is 16.1. The Balaban J connectivity index is 2.20. The summed E-state index contributed by atoms with van der Waals surface area (Å²) in [6.07, 6.45) is 2.40. The predicted octanol–water partition coefficient (Wildman–Crippen LogP) is 2.18. The average molecular weight is 256 g/mol. The summed E-state index contributed by atoms with van der Waals surface area (Å²) in [5.74, 6) is 5.55. The molecule has 0 aliphatic carbocycles. The van der Waals surface area contributed by atoms with Crippen LogP contribution in [0.25, 0.3) is 0 Å². The van der Waals surface area contributed by atoms with Crippen molar-refractivity contribution in [3.63, 3.8) is 0 Å². The molecule has 0 spiro atoms. The van der Waals surface area contributed by atoms with E-state index in [9.17, 15) is 4.79 Å². The van der Waals surface area contributed by atoms with Crippen molar-refractivity contribution in [3.05, 3.63) is 53.7 Å². The smallest absolute Gasteiger partial charge is 0.255 e. The highest BCUT2D eigenvalue weighted by Gasteiger charge is 2.08. The van der Waals surface area contributed by atoms with E-state index in [0.29, 0.717) is 11.4 Å². The fourth-order valence-electron chi connectivity index (χ4n) is 1.80. The number of para-hydroxylation sites is 1. The minimum Gasteiger partial charge on any atom is -0.322 e. The van der Waals surface area contributed by atoms with Crippen molar-refractivity contribution in [1.29, 1.82) is 0 Å². The number of hydrogen-bond acceptors (Lipinski definition) is 4. The number of nitrogens with zero attached hydrogens (tertiary/aromatic N) is 1. The van der Waals surface area contributed by atoms with Crippen LogP contribution in [0.1, 0.15) is 22.8 Å². The van der Waals surface area contributed by atoms with Crippen molar-refractivity contribution in [2.75, 3.05) is 10.7 Å². The summed E-state index contributed by atoms with van der Waals surface area (Å²) < 4.78 is 0. The summed E-state index contributed by atoms with van der Waals surface area (Å²) in [5.41, 5.74) is 4.85. The Hall–Kier alpha value is -2.40. The minimum atomic E-state index is -0.181. The molecule has 0 aliphatic heterocycles. The first-order valence-corrected chi connectivity index (χ1v) is 6.06. The molecule has 0 saturated carbocycles. The molecule has 2 rings (SSSR count). The van der Waals surface area contributed by atoms with E-state index in [0.717, 1.165) is 17.7 Å². The Bertz CT molecular complexity index is 583. The molecule has 0 saturated heterocycles. The number of amides is 1. The molecule has 5 heteroatoms. The lowest BCUT2D eigenvalue weighted by Crippen LogP contribution is -2.15. The van der Waals surface area contributed by atoms with Gasteiger partial charge in [0.05, 0.1) is 0 Å². The lowest BCUT2D eigenvalue weighted by molar-refractivity contribution is 0.102. The molecule has 0 aliphatic rings. The van der Waals surface area contributed by atoms with Crippen molar-refractivity contribution in [3.8, 4) is 0 Å². The van der Waals surface area contributed by atoms with Crippen LogP contribution in [0, 0.1) is 0 Å². The van der Waals surface area contributed by atoms with Crippen LogP contribution < -0.4 is 16.6 Å². The van der Waals surface area contributed by atoms with Crippen molar-refractivity contribution < 1.29 is 4.79 Å². The largest absolute Gasteiger partial charge is 0.322 e. The lowest BCUT2D eigenvalue weighted by atomic mass is 10.1. The summed E-state index contributed by atoms with van der Waals surface area (Å²) >= 11 is 0. The molecule has 1 aromatic carbocycles. The molecule has 1 aromatic heterocycles. The first kappa shape index (κ1) is 13.0. The summed E-state index contributed by atoms with van der Waals surface area (Å²) in [6, 6.07) is 11.0. The van der Waals surface area contributed by atoms with E-state index in [-0.39, 0.29) is 5.91 Å². The molecule has 2 aromatic rings. The second-order valence-corrected chi connectivity index (χ2v) is 4.04. The number of pyridine rings is 1. The standard InChI is InChI=1S/C14H16N4O/c1-2-10-5-3-4-6-12(10)17-14(19)11-7-8-16-13(9-11)18-15/h3-9H,2,15H2,1H3,(H,16,18)(H,17,19). The zero-order valence-corrected chi connectivity index (χ0v) is 10.7. The van der Waals surface area contributed by atoms with Gasteiger partial charge in [-0.05, 0) is 30.2 Å². The van der Waals surface area contributed by atoms with Crippen LogP contribution in [0.2, 0.25) is 0 Å². The van der Waals surface area contributed by atoms with Gasteiger partial charge in [0.2, 0.25) is 0 Å². The van der Waals surface area contributed by atoms with Crippen LogP contribution in [0.4, 0.5) is 11.5 Å². The van der Waals surface area contributed by atoms with E-state index in [1.165, 1.54) is 6.20 Å². The van der Waals surface area contributed by atoms with Gasteiger partial charge in [-0.15, -0.1) is 0 Å². The zero-order valence-electron chi connectivity index (χ0n) is 10.7. The monoisotopic (exact) mass is 256 g/mol. The molecule has 1 amide bonds. The van der Waals surface area contributed by atoms with Gasteiger partial charge in [0, 0.05) is 17.4 Å². The number of nitrogen functional groups attached to an aromatic ring is 1. The van der Waals surface area contributed by atoms with Gasteiger partial charge in [-0.2, -0.15) is 0 Å². The Morgan fingerprint density at radius 3 is 2.84 bits per heavy atom. The zero-order chi connectivity index (χ0) is 13.7. The van der Waals surface area contributed by atoms with Crippen LogP contribution in [-0.4, -0.2) is 10.9 Å². The van der Waals surface area contributed by atoms with Crippen molar-refractivity contribution in [2.45, 2.75) is 13.3 Å². The molecule has 0 atom stereocenters. The molecule has 0 bridgehead atoms. The van der Waals surface area contributed by atoms with Crippen molar-refractivity contribution >= 4 is 17.4 Å². The Kier molecular flexibility index (Phi) is 4.10. The molecule has 98 valence electrons. The number of aromatic nitrogens is 1. The lowest BCUT2D eigenvalue weighted by Gasteiger charge is -2.10. The fraction of sp³-hybridized carbons (Fsp3) is 0.143. The molecule has 0 unspecified atom stereocenters. The number of benzene rings is 1. The summed E-state index contributed by atoms with van der Waals surface area (Å²) in [5, 5.41) is 2.89. The van der Waals surface area contributed by atoms with Gasteiger partial charge in [-0.3, -0.25) is 4.79 Å². The second-order valence-electron chi connectivity index (χ2n) is 4.04. The average Bonchev–Trinajstić information content (AvgIpc) is 2.47. The number of hydrazine groups is 1. The Morgan fingerprint density at radius 1 is 1.32 bits per heavy atom. The van der Waals surface area contributed by atoms with Gasteiger partial charge in [-0.1, -0.05) is 25.1 Å². The number of carbonyl (C=O) groups is 1. The van der Waals surface area contributed by atoms with E-state index in [2.05, 4.69) is 15.7 Å². The third kappa shape index (κ3) is 3.08. The normalized spacial score (nSPS) is 10.0. The van der Waals surface area contributed by atoms with Crippen LogP contribution in [0.3, 0.4) is 0 Å². The van der Waals surface area contributed by atoms with E-state index < -0.39 is 0 Å². The van der Waals surface area contributed by atoms with E-state index >= 15 is 0 Å². The summed E-state index contributed by atoms with van der Waals surface area (Å²) in [6.45, 7) is 2.05. The molecule has 5 nitrogen and oxygen atoms in total. The third-order valence-electron chi connectivity index (χ3n) is 2.82. The minimum absolute atomic E-state index is 0.181. The summed E-state index contributed by atoms with van der Waals surface area (Å²) in [7, 11) is 0. The molecule has 1 heterocycles.